The van der Waals surface area contributed by atoms with E-state index in [9.17, 15) is 9.90 Å². The van der Waals surface area contributed by atoms with Crippen LogP contribution in [-0.2, 0) is 11.2 Å². The van der Waals surface area contributed by atoms with Gasteiger partial charge >= 0.3 is 0 Å². The first-order valence-corrected chi connectivity index (χ1v) is 7.13. The molecule has 1 atom stereocenters. The molecular formula is C16H19NO3. The van der Waals surface area contributed by atoms with Gasteiger partial charge in [0.25, 0.3) is 0 Å². The lowest BCUT2D eigenvalue weighted by atomic mass is 10.1. The molecule has 1 aromatic rings. The first-order chi connectivity index (χ1) is 9.78. The second kappa shape index (κ2) is 5.67. The Balaban J connectivity index is 1.69. The number of benzene rings is 1. The SMILES string of the molecule is O=C(C=Cc1ccc2c(c1)CCO2)N1CCC[C@H]1CO. The van der Waals surface area contributed by atoms with Crippen LogP contribution in [0.4, 0.5) is 0 Å². The predicted octanol–water partition coefficient (Wildman–Crippen LogP) is 1.62. The fraction of sp³-hybridized carbons (Fsp3) is 0.438. The molecule has 1 saturated heterocycles. The maximum atomic E-state index is 12.1. The van der Waals surface area contributed by atoms with E-state index < -0.39 is 0 Å². The zero-order chi connectivity index (χ0) is 13.9. The van der Waals surface area contributed by atoms with Crippen LogP contribution >= 0.6 is 0 Å². The van der Waals surface area contributed by atoms with Gasteiger partial charge in [0.1, 0.15) is 5.75 Å². The van der Waals surface area contributed by atoms with Crippen molar-refractivity contribution in [3.8, 4) is 5.75 Å². The van der Waals surface area contributed by atoms with Gasteiger partial charge in [0.05, 0.1) is 19.3 Å². The fourth-order valence-electron chi connectivity index (χ4n) is 2.89. The molecule has 0 spiro atoms. The van der Waals surface area contributed by atoms with Crippen molar-refractivity contribution in [3.05, 3.63) is 35.4 Å². The first kappa shape index (κ1) is 13.2. The summed E-state index contributed by atoms with van der Waals surface area (Å²) in [6, 6.07) is 5.97. The van der Waals surface area contributed by atoms with E-state index in [0.29, 0.717) is 0 Å². The average Bonchev–Trinajstić information content (AvgIpc) is 3.12. The average molecular weight is 273 g/mol. The maximum absolute atomic E-state index is 12.1. The number of amides is 1. The molecule has 4 nitrogen and oxygen atoms in total. The lowest BCUT2D eigenvalue weighted by Gasteiger charge is -2.21. The van der Waals surface area contributed by atoms with Gasteiger partial charge in [-0.25, -0.2) is 0 Å². The molecule has 0 radical (unpaired) electrons. The van der Waals surface area contributed by atoms with E-state index in [-0.39, 0.29) is 18.6 Å². The van der Waals surface area contributed by atoms with Crippen LogP contribution in [0.1, 0.15) is 24.0 Å². The number of hydrogen-bond donors (Lipinski definition) is 1. The minimum atomic E-state index is -0.0155. The van der Waals surface area contributed by atoms with Crippen LogP contribution in [-0.4, -0.2) is 41.7 Å². The monoisotopic (exact) mass is 273 g/mol. The van der Waals surface area contributed by atoms with E-state index in [2.05, 4.69) is 6.07 Å². The number of nitrogens with zero attached hydrogens (tertiary/aromatic N) is 1. The highest BCUT2D eigenvalue weighted by Crippen LogP contribution is 2.26. The third-order valence-corrected chi connectivity index (χ3v) is 4.00. The van der Waals surface area contributed by atoms with E-state index in [1.54, 1.807) is 11.0 Å². The summed E-state index contributed by atoms with van der Waals surface area (Å²) in [5, 5.41) is 9.24. The molecule has 0 bridgehead atoms. The van der Waals surface area contributed by atoms with Crippen molar-refractivity contribution < 1.29 is 14.6 Å². The third kappa shape index (κ3) is 2.56. The van der Waals surface area contributed by atoms with Crippen LogP contribution in [0.25, 0.3) is 6.08 Å². The van der Waals surface area contributed by atoms with Crippen molar-refractivity contribution in [2.75, 3.05) is 19.8 Å². The minimum absolute atomic E-state index is 0.0134. The molecule has 3 rings (SSSR count). The second-order valence-corrected chi connectivity index (χ2v) is 5.31. The lowest BCUT2D eigenvalue weighted by molar-refractivity contribution is -0.127. The zero-order valence-electron chi connectivity index (χ0n) is 11.4. The van der Waals surface area contributed by atoms with E-state index in [1.807, 2.05) is 18.2 Å². The summed E-state index contributed by atoms with van der Waals surface area (Å²) in [7, 11) is 0. The Bertz CT molecular complexity index is 539. The van der Waals surface area contributed by atoms with Crippen molar-refractivity contribution in [2.45, 2.75) is 25.3 Å². The standard InChI is InChI=1S/C16H19NO3/c18-11-14-2-1-8-17(14)16(19)6-4-12-3-5-15-13(10-12)7-9-20-15/h3-6,10,14,18H,1-2,7-9,11H2/t14-/m0/s1. The van der Waals surface area contributed by atoms with Crippen molar-refractivity contribution >= 4 is 12.0 Å². The zero-order valence-corrected chi connectivity index (χ0v) is 11.4. The molecule has 4 heteroatoms. The molecule has 2 aliphatic heterocycles. The van der Waals surface area contributed by atoms with Gasteiger partial charge in [-0.3, -0.25) is 4.79 Å². The smallest absolute Gasteiger partial charge is 0.246 e. The van der Waals surface area contributed by atoms with Gasteiger partial charge in [-0.15, -0.1) is 0 Å². The van der Waals surface area contributed by atoms with Gasteiger partial charge in [0.2, 0.25) is 5.91 Å². The number of aliphatic hydroxyl groups is 1. The van der Waals surface area contributed by atoms with Gasteiger partial charge < -0.3 is 14.7 Å². The summed E-state index contributed by atoms with van der Waals surface area (Å²) >= 11 is 0. The molecule has 20 heavy (non-hydrogen) atoms. The number of fused-ring (bicyclic) bond motifs is 1. The largest absolute Gasteiger partial charge is 0.493 e. The van der Waals surface area contributed by atoms with Crippen LogP contribution in [0, 0.1) is 0 Å². The molecule has 1 N–H and O–H groups in total. The minimum Gasteiger partial charge on any atom is -0.493 e. The van der Waals surface area contributed by atoms with E-state index >= 15 is 0 Å². The third-order valence-electron chi connectivity index (χ3n) is 4.00. The van der Waals surface area contributed by atoms with Gasteiger partial charge in [0.15, 0.2) is 0 Å². The van der Waals surface area contributed by atoms with E-state index in [4.69, 9.17) is 4.74 Å². The predicted molar refractivity (Wildman–Crippen MR) is 76.5 cm³/mol. The van der Waals surface area contributed by atoms with Crippen LogP contribution in [0.3, 0.4) is 0 Å². The van der Waals surface area contributed by atoms with E-state index in [1.165, 1.54) is 5.56 Å². The molecule has 0 saturated carbocycles. The van der Waals surface area contributed by atoms with Gasteiger partial charge in [-0.2, -0.15) is 0 Å². The van der Waals surface area contributed by atoms with Gasteiger partial charge in [-0.05, 0) is 42.2 Å². The number of rotatable bonds is 3. The van der Waals surface area contributed by atoms with Gasteiger partial charge in [-0.1, -0.05) is 6.07 Å². The first-order valence-electron chi connectivity index (χ1n) is 7.13. The topological polar surface area (TPSA) is 49.8 Å². The molecule has 106 valence electrons. The highest BCUT2D eigenvalue weighted by molar-refractivity contribution is 5.92. The number of carbonyl (C=O) groups excluding carboxylic acids is 1. The Morgan fingerprint density at radius 2 is 2.40 bits per heavy atom. The molecule has 1 amide bonds. The number of aliphatic hydroxyl groups excluding tert-OH is 1. The number of ether oxygens (including phenoxy) is 1. The summed E-state index contributed by atoms with van der Waals surface area (Å²) in [4.78, 5) is 13.9. The Labute approximate surface area is 118 Å². The molecule has 0 unspecified atom stereocenters. The Morgan fingerprint density at radius 3 is 3.25 bits per heavy atom. The summed E-state index contributed by atoms with van der Waals surface area (Å²) in [5.74, 6) is 0.937. The van der Waals surface area contributed by atoms with Crippen molar-refractivity contribution in [3.63, 3.8) is 0 Å². The lowest BCUT2D eigenvalue weighted by Crippen LogP contribution is -2.36. The Kier molecular flexibility index (Phi) is 3.74. The van der Waals surface area contributed by atoms with Gasteiger partial charge in [0, 0.05) is 19.0 Å². The molecule has 0 aliphatic carbocycles. The van der Waals surface area contributed by atoms with Crippen molar-refractivity contribution in [2.24, 2.45) is 0 Å². The second-order valence-electron chi connectivity index (χ2n) is 5.31. The number of carbonyl (C=O) groups is 1. The fourth-order valence-corrected chi connectivity index (χ4v) is 2.89. The quantitative estimate of drug-likeness (QED) is 0.851. The molecule has 0 aromatic heterocycles. The van der Waals surface area contributed by atoms with Crippen LogP contribution < -0.4 is 4.74 Å². The van der Waals surface area contributed by atoms with E-state index in [0.717, 1.165) is 43.7 Å². The molecule has 2 aliphatic rings. The van der Waals surface area contributed by atoms with Crippen LogP contribution in [0.2, 0.25) is 0 Å². The van der Waals surface area contributed by atoms with Crippen molar-refractivity contribution in [1.29, 1.82) is 0 Å². The summed E-state index contributed by atoms with van der Waals surface area (Å²) in [5.41, 5.74) is 2.22. The summed E-state index contributed by atoms with van der Waals surface area (Å²) in [6.45, 7) is 1.54. The maximum Gasteiger partial charge on any atom is 0.246 e. The highest BCUT2D eigenvalue weighted by atomic mass is 16.5. The number of hydrogen-bond acceptors (Lipinski definition) is 3. The van der Waals surface area contributed by atoms with Crippen LogP contribution in [0.15, 0.2) is 24.3 Å². The Morgan fingerprint density at radius 1 is 1.50 bits per heavy atom. The normalized spacial score (nSPS) is 21.2. The summed E-state index contributed by atoms with van der Waals surface area (Å²) in [6.07, 6.45) is 6.25. The molecular weight excluding hydrogens is 254 g/mol. The molecule has 2 heterocycles. The summed E-state index contributed by atoms with van der Waals surface area (Å²) < 4.78 is 5.46. The molecule has 1 fully saturated rings. The van der Waals surface area contributed by atoms with Crippen LogP contribution in [0.5, 0.6) is 5.75 Å². The molecule has 1 aromatic carbocycles. The highest BCUT2D eigenvalue weighted by Gasteiger charge is 2.26. The van der Waals surface area contributed by atoms with Crippen molar-refractivity contribution in [1.82, 2.24) is 4.90 Å². The number of likely N-dealkylation sites (tertiary alicyclic amines) is 1. The Hall–Kier alpha value is -1.81.